The summed E-state index contributed by atoms with van der Waals surface area (Å²) in [6.45, 7) is 4.16. The minimum absolute atomic E-state index is 0.0783. The van der Waals surface area contributed by atoms with E-state index in [-0.39, 0.29) is 17.3 Å². The second-order valence-corrected chi connectivity index (χ2v) is 8.81. The number of benzene rings is 1. The monoisotopic (exact) mass is 410 g/mol. The molecule has 0 aliphatic heterocycles. The second-order valence-electron chi connectivity index (χ2n) is 6.01. The molecule has 1 amide bonds. The summed E-state index contributed by atoms with van der Waals surface area (Å²) in [4.78, 5) is 13.2. The van der Waals surface area contributed by atoms with E-state index in [2.05, 4.69) is 17.0 Å². The van der Waals surface area contributed by atoms with Crippen molar-refractivity contribution in [3.63, 3.8) is 0 Å². The van der Waals surface area contributed by atoms with Crippen molar-refractivity contribution in [2.75, 3.05) is 19.8 Å². The van der Waals surface area contributed by atoms with Crippen molar-refractivity contribution in [2.24, 2.45) is 0 Å². The van der Waals surface area contributed by atoms with E-state index in [1.807, 2.05) is 17.5 Å². The molecule has 1 aromatic heterocycles. The first-order chi connectivity index (χ1) is 13.0. The van der Waals surface area contributed by atoms with E-state index in [1.54, 1.807) is 12.1 Å². The largest absolute Gasteiger partial charge is 0.381 e. The van der Waals surface area contributed by atoms with Crippen LogP contribution in [0.15, 0.2) is 46.7 Å². The fourth-order valence-corrected chi connectivity index (χ4v) is 4.08. The summed E-state index contributed by atoms with van der Waals surface area (Å²) in [7, 11) is -3.67. The summed E-state index contributed by atoms with van der Waals surface area (Å²) in [5, 5.41) is 4.68. The molecular weight excluding hydrogens is 384 g/mol. The number of unbranched alkanes of at least 4 members (excludes halogenated alkanes) is 1. The average Bonchev–Trinajstić information content (AvgIpc) is 3.19. The van der Waals surface area contributed by atoms with Crippen molar-refractivity contribution in [3.8, 4) is 0 Å². The third kappa shape index (κ3) is 7.42. The Morgan fingerprint density at radius 3 is 2.70 bits per heavy atom. The van der Waals surface area contributed by atoms with Crippen molar-refractivity contribution in [1.82, 2.24) is 10.0 Å². The standard InChI is InChI=1S/C19H26N2O4S2/c1-2-3-11-25-12-6-10-20-19(22)16-7-4-9-18(14-16)27(23,24)21-15-17-8-5-13-26-17/h4-5,7-9,13-14,21H,2-3,6,10-12,15H2,1H3,(H,20,22). The highest BCUT2D eigenvalue weighted by Gasteiger charge is 2.16. The molecule has 0 aliphatic rings. The number of carbonyl (C=O) groups excluding carboxylic acids is 1. The van der Waals surface area contributed by atoms with Gasteiger partial charge in [0.25, 0.3) is 5.91 Å². The van der Waals surface area contributed by atoms with Crippen molar-refractivity contribution in [3.05, 3.63) is 52.2 Å². The number of sulfonamides is 1. The number of carbonyl (C=O) groups is 1. The summed E-state index contributed by atoms with van der Waals surface area (Å²) < 4.78 is 32.9. The van der Waals surface area contributed by atoms with Gasteiger partial charge < -0.3 is 10.1 Å². The van der Waals surface area contributed by atoms with Crippen molar-refractivity contribution < 1.29 is 17.9 Å². The topological polar surface area (TPSA) is 84.5 Å². The molecule has 0 fully saturated rings. The molecule has 2 aromatic rings. The van der Waals surface area contributed by atoms with Gasteiger partial charge in [-0.1, -0.05) is 25.5 Å². The lowest BCUT2D eigenvalue weighted by Crippen LogP contribution is -2.26. The molecule has 148 valence electrons. The van der Waals surface area contributed by atoms with Gasteiger partial charge in [-0.05, 0) is 42.5 Å². The number of hydrogen-bond donors (Lipinski definition) is 2. The molecule has 0 radical (unpaired) electrons. The number of ether oxygens (including phenoxy) is 1. The molecular formula is C19H26N2O4S2. The third-order valence-electron chi connectivity index (χ3n) is 3.82. The number of amides is 1. The van der Waals surface area contributed by atoms with Gasteiger partial charge in [-0.3, -0.25) is 4.79 Å². The number of thiophene rings is 1. The van der Waals surface area contributed by atoms with Crippen molar-refractivity contribution in [2.45, 2.75) is 37.6 Å². The fraction of sp³-hybridized carbons (Fsp3) is 0.421. The maximum absolute atomic E-state index is 12.4. The van der Waals surface area contributed by atoms with Crippen molar-refractivity contribution in [1.29, 1.82) is 0 Å². The SMILES string of the molecule is CCCCOCCCNC(=O)c1cccc(S(=O)(=O)NCc2cccs2)c1. The molecule has 2 rings (SSSR count). The molecule has 0 bridgehead atoms. The average molecular weight is 411 g/mol. The van der Waals surface area contributed by atoms with Crippen LogP contribution in [-0.4, -0.2) is 34.1 Å². The smallest absolute Gasteiger partial charge is 0.251 e. The summed E-state index contributed by atoms with van der Waals surface area (Å²) in [6, 6.07) is 9.78. The molecule has 8 heteroatoms. The highest BCUT2D eigenvalue weighted by atomic mass is 32.2. The van der Waals surface area contributed by atoms with Gasteiger partial charge in [0.05, 0.1) is 4.90 Å². The third-order valence-corrected chi connectivity index (χ3v) is 6.09. The Morgan fingerprint density at radius 1 is 1.15 bits per heavy atom. The van der Waals surface area contributed by atoms with E-state index in [0.717, 1.165) is 30.7 Å². The predicted molar refractivity (Wildman–Crippen MR) is 107 cm³/mol. The van der Waals surface area contributed by atoms with E-state index >= 15 is 0 Å². The lowest BCUT2D eigenvalue weighted by atomic mass is 10.2. The maximum Gasteiger partial charge on any atom is 0.251 e. The number of hydrogen-bond acceptors (Lipinski definition) is 5. The molecule has 0 spiro atoms. The van der Waals surface area contributed by atoms with Gasteiger partial charge >= 0.3 is 0 Å². The summed E-state index contributed by atoms with van der Waals surface area (Å²) in [5.74, 6) is -0.293. The van der Waals surface area contributed by atoms with Crippen LogP contribution < -0.4 is 10.0 Å². The molecule has 1 aromatic carbocycles. The maximum atomic E-state index is 12.4. The molecule has 0 unspecified atom stereocenters. The minimum Gasteiger partial charge on any atom is -0.381 e. The van der Waals surface area contributed by atoms with Crippen LogP contribution in [0.1, 0.15) is 41.4 Å². The van der Waals surface area contributed by atoms with Crippen LogP contribution in [0.4, 0.5) is 0 Å². The fourth-order valence-electron chi connectivity index (χ4n) is 2.29. The first-order valence-electron chi connectivity index (χ1n) is 9.01. The van der Waals surface area contributed by atoms with Gasteiger partial charge in [-0.25, -0.2) is 13.1 Å². The van der Waals surface area contributed by atoms with E-state index in [4.69, 9.17) is 4.74 Å². The van der Waals surface area contributed by atoms with Crippen LogP contribution in [0.3, 0.4) is 0 Å². The molecule has 0 atom stereocenters. The van der Waals surface area contributed by atoms with Gasteiger partial charge in [0, 0.05) is 36.7 Å². The van der Waals surface area contributed by atoms with E-state index in [1.165, 1.54) is 23.5 Å². The molecule has 6 nitrogen and oxygen atoms in total. The number of rotatable bonds is 12. The highest BCUT2D eigenvalue weighted by Crippen LogP contribution is 2.14. The summed E-state index contributed by atoms with van der Waals surface area (Å²) >= 11 is 1.48. The van der Waals surface area contributed by atoms with Crippen LogP contribution in [0.5, 0.6) is 0 Å². The Kier molecular flexibility index (Phi) is 8.93. The van der Waals surface area contributed by atoms with Gasteiger partial charge in [0.1, 0.15) is 0 Å². The Labute approximate surface area is 165 Å². The van der Waals surface area contributed by atoms with E-state index in [0.29, 0.717) is 18.7 Å². The van der Waals surface area contributed by atoms with E-state index < -0.39 is 10.0 Å². The Balaban J connectivity index is 1.85. The minimum atomic E-state index is -3.67. The lowest BCUT2D eigenvalue weighted by molar-refractivity contribution is 0.0940. The van der Waals surface area contributed by atoms with Crippen LogP contribution in [0.25, 0.3) is 0 Å². The molecule has 0 saturated carbocycles. The highest BCUT2D eigenvalue weighted by molar-refractivity contribution is 7.89. The van der Waals surface area contributed by atoms with Gasteiger partial charge in [0.2, 0.25) is 10.0 Å². The predicted octanol–water partition coefficient (Wildman–Crippen LogP) is 3.16. The normalized spacial score (nSPS) is 11.4. The van der Waals surface area contributed by atoms with Crippen LogP contribution in [0.2, 0.25) is 0 Å². The Hall–Kier alpha value is -1.74. The molecule has 1 heterocycles. The zero-order valence-corrected chi connectivity index (χ0v) is 17.1. The Bertz CT molecular complexity index is 805. The Morgan fingerprint density at radius 2 is 1.96 bits per heavy atom. The van der Waals surface area contributed by atoms with Crippen molar-refractivity contribution >= 4 is 27.3 Å². The quantitative estimate of drug-likeness (QED) is 0.527. The molecule has 2 N–H and O–H groups in total. The van der Waals surface area contributed by atoms with Gasteiger partial charge in [-0.2, -0.15) is 0 Å². The van der Waals surface area contributed by atoms with E-state index in [9.17, 15) is 13.2 Å². The first kappa shape index (κ1) is 21.6. The van der Waals surface area contributed by atoms with Crippen LogP contribution in [0, 0.1) is 0 Å². The zero-order chi connectivity index (χ0) is 19.5. The lowest BCUT2D eigenvalue weighted by Gasteiger charge is -2.09. The molecule has 0 saturated heterocycles. The van der Waals surface area contributed by atoms with Crippen LogP contribution >= 0.6 is 11.3 Å². The zero-order valence-electron chi connectivity index (χ0n) is 15.4. The van der Waals surface area contributed by atoms with Crippen LogP contribution in [-0.2, 0) is 21.3 Å². The van der Waals surface area contributed by atoms with Gasteiger partial charge in [0.15, 0.2) is 0 Å². The molecule has 0 aliphatic carbocycles. The summed E-state index contributed by atoms with van der Waals surface area (Å²) in [5.41, 5.74) is 0.320. The second kappa shape index (κ2) is 11.2. The van der Waals surface area contributed by atoms with Gasteiger partial charge in [-0.15, -0.1) is 11.3 Å². The number of nitrogens with one attached hydrogen (secondary N) is 2. The molecule has 27 heavy (non-hydrogen) atoms. The first-order valence-corrected chi connectivity index (χ1v) is 11.4. The summed E-state index contributed by atoms with van der Waals surface area (Å²) in [6.07, 6.45) is 2.85.